The number of aromatic nitrogens is 3. The minimum atomic E-state index is -4.43. The van der Waals surface area contributed by atoms with Crippen molar-refractivity contribution < 1.29 is 33.3 Å². The molecule has 5 rings (SSSR count). The normalized spacial score (nSPS) is 12.2. The summed E-state index contributed by atoms with van der Waals surface area (Å²) in [6.45, 7) is 15.3. The van der Waals surface area contributed by atoms with Gasteiger partial charge in [0.25, 0.3) is 0 Å². The molecule has 1 radical (unpaired) electrons. The van der Waals surface area contributed by atoms with E-state index < -0.39 is 11.7 Å². The average molecular weight is 787 g/mol. The zero-order chi connectivity index (χ0) is 31.9. The topological polar surface area (TPSA) is 30.7 Å². The van der Waals surface area contributed by atoms with Crippen LogP contribution in [0.5, 0.6) is 0 Å². The van der Waals surface area contributed by atoms with E-state index in [1.54, 1.807) is 0 Å². The monoisotopic (exact) mass is 787 g/mol. The second-order valence-corrected chi connectivity index (χ2v) is 13.4. The first kappa shape index (κ1) is 34.3. The Morgan fingerprint density at radius 3 is 1.56 bits per heavy atom. The number of halogens is 3. The molecule has 0 amide bonds. The van der Waals surface area contributed by atoms with Crippen molar-refractivity contribution in [3.05, 3.63) is 114 Å². The molecule has 3 nitrogen and oxygen atoms in total. The first-order chi connectivity index (χ1) is 20.6. The fourth-order valence-electron chi connectivity index (χ4n) is 5.18. The van der Waals surface area contributed by atoms with Crippen LogP contribution in [0.2, 0.25) is 0 Å². The average Bonchev–Trinajstić information content (AvgIpc) is 3.40. The van der Waals surface area contributed by atoms with Gasteiger partial charge in [-0.1, -0.05) is 97.0 Å². The Labute approximate surface area is 278 Å². The van der Waals surface area contributed by atoms with E-state index in [-0.39, 0.29) is 30.9 Å². The Morgan fingerprint density at radius 2 is 1.16 bits per heavy atom. The summed E-state index contributed by atoms with van der Waals surface area (Å²) in [5.74, 6) is 1.09. The van der Waals surface area contributed by atoms with Gasteiger partial charge in [0.2, 0.25) is 0 Å². The molecular weight excluding hydrogens is 748 g/mol. The molecule has 0 aliphatic rings. The van der Waals surface area contributed by atoms with Gasteiger partial charge in [-0.3, -0.25) is 4.98 Å². The summed E-state index contributed by atoms with van der Waals surface area (Å²) in [5, 5.41) is 4.82. The number of nitrogens with zero attached hydrogens (tertiary/aromatic N) is 3. The van der Waals surface area contributed by atoms with Crippen LogP contribution in [0.25, 0.3) is 39.3 Å². The maximum Gasteiger partial charge on any atom is 0.381 e. The summed E-state index contributed by atoms with van der Waals surface area (Å²) < 4.78 is 41.3. The summed E-state index contributed by atoms with van der Waals surface area (Å²) in [7, 11) is 0. The first-order valence-electron chi connectivity index (χ1n) is 15.1. The first-order valence-corrected chi connectivity index (χ1v) is 15.1. The SMILES string of the molecule is CCCc1nc(-c2[c-]cc(C(F)(F)F)cc2)nn1-c1cc(-c2ccc(C(C)(C)C)cc2)cc(-c2ccc(C(C)(C)C)cc2)c1.[Ir]. The molecule has 0 N–H and O–H groups in total. The van der Waals surface area contributed by atoms with Crippen LogP contribution in [-0.4, -0.2) is 14.8 Å². The van der Waals surface area contributed by atoms with E-state index >= 15 is 0 Å². The largest absolute Gasteiger partial charge is 0.381 e. The fourth-order valence-corrected chi connectivity index (χ4v) is 5.18. The van der Waals surface area contributed by atoms with E-state index in [1.165, 1.54) is 17.2 Å². The molecule has 0 atom stereocenters. The van der Waals surface area contributed by atoms with E-state index in [1.807, 2.05) is 4.68 Å². The molecule has 0 aliphatic heterocycles. The van der Waals surface area contributed by atoms with Crippen LogP contribution in [-0.2, 0) is 43.5 Å². The summed E-state index contributed by atoms with van der Waals surface area (Å²) >= 11 is 0. The number of aryl methyl sites for hydroxylation is 1. The number of rotatable bonds is 6. The molecule has 0 aliphatic carbocycles. The van der Waals surface area contributed by atoms with Crippen molar-refractivity contribution in [2.75, 3.05) is 0 Å². The van der Waals surface area contributed by atoms with Crippen LogP contribution in [0.1, 0.15) is 77.4 Å². The van der Waals surface area contributed by atoms with Crippen molar-refractivity contribution in [1.29, 1.82) is 0 Å². The van der Waals surface area contributed by atoms with Crippen LogP contribution < -0.4 is 0 Å². The van der Waals surface area contributed by atoms with Crippen LogP contribution in [0.15, 0.2) is 84.9 Å². The van der Waals surface area contributed by atoms with E-state index in [4.69, 9.17) is 10.1 Å². The quantitative estimate of drug-likeness (QED) is 0.161. The maximum atomic E-state index is 13.2. The molecule has 1 heterocycles. The minimum Gasteiger partial charge on any atom is -0.261 e. The predicted molar refractivity (Wildman–Crippen MR) is 173 cm³/mol. The Bertz CT molecular complexity index is 1660. The van der Waals surface area contributed by atoms with E-state index in [0.717, 1.165) is 52.3 Å². The van der Waals surface area contributed by atoms with Crippen molar-refractivity contribution in [1.82, 2.24) is 14.8 Å². The van der Waals surface area contributed by atoms with Gasteiger partial charge in [0.15, 0.2) is 0 Å². The molecule has 45 heavy (non-hydrogen) atoms. The van der Waals surface area contributed by atoms with Crippen LogP contribution in [0.3, 0.4) is 0 Å². The Kier molecular flexibility index (Phi) is 9.96. The fraction of sp³-hybridized carbons (Fsp3) is 0.316. The van der Waals surface area contributed by atoms with Crippen molar-refractivity contribution in [3.63, 3.8) is 0 Å². The molecule has 0 bridgehead atoms. The van der Waals surface area contributed by atoms with Gasteiger partial charge in [0.05, 0.1) is 11.5 Å². The smallest absolute Gasteiger partial charge is 0.261 e. The maximum absolute atomic E-state index is 13.2. The van der Waals surface area contributed by atoms with Gasteiger partial charge in [0, 0.05) is 26.5 Å². The van der Waals surface area contributed by atoms with Crippen LogP contribution >= 0.6 is 0 Å². The van der Waals surface area contributed by atoms with Gasteiger partial charge in [-0.25, -0.2) is 4.68 Å². The van der Waals surface area contributed by atoms with Crippen molar-refractivity contribution in [2.45, 2.75) is 78.3 Å². The summed E-state index contributed by atoms with van der Waals surface area (Å²) in [6.07, 6.45) is -2.93. The second-order valence-electron chi connectivity index (χ2n) is 13.4. The zero-order valence-electron chi connectivity index (χ0n) is 26.8. The molecule has 0 spiro atoms. The van der Waals surface area contributed by atoms with Gasteiger partial charge in [-0.2, -0.15) is 18.3 Å². The summed E-state index contributed by atoms with van der Waals surface area (Å²) in [6, 6.07) is 29.9. The third kappa shape index (κ3) is 7.82. The molecule has 0 saturated heterocycles. The number of alkyl halides is 3. The molecule has 0 unspecified atom stereocenters. The van der Waals surface area contributed by atoms with Gasteiger partial charge in [-0.15, -0.1) is 29.8 Å². The zero-order valence-corrected chi connectivity index (χ0v) is 29.2. The van der Waals surface area contributed by atoms with Crippen molar-refractivity contribution in [2.24, 2.45) is 0 Å². The standard InChI is InChI=1S/C38H39F3N3.Ir/c1-8-9-34-42-35(27-14-20-32(21-15-27)38(39,40)41)43-44(34)33-23-28(25-10-16-30(17-11-25)36(2,3)4)22-29(24-33)26-12-18-31(19-13-26)37(5,6)7;/h10-14,16-24H,8-9H2,1-7H3;/q-1;. The number of hydrogen-bond acceptors (Lipinski definition) is 2. The van der Waals surface area contributed by atoms with E-state index in [2.05, 4.69) is 121 Å². The molecule has 7 heteroatoms. The Morgan fingerprint density at radius 1 is 0.667 bits per heavy atom. The molecule has 0 saturated carbocycles. The molecular formula is C38H39F3IrN3-. The van der Waals surface area contributed by atoms with Gasteiger partial charge < -0.3 is 0 Å². The second kappa shape index (κ2) is 13.1. The number of hydrogen-bond donors (Lipinski definition) is 0. The number of benzene rings is 4. The van der Waals surface area contributed by atoms with Crippen LogP contribution in [0, 0.1) is 6.07 Å². The Hall–Kier alpha value is -3.54. The van der Waals surface area contributed by atoms with Gasteiger partial charge in [0.1, 0.15) is 5.82 Å². The minimum absolute atomic E-state index is 0. The van der Waals surface area contributed by atoms with Crippen molar-refractivity contribution >= 4 is 0 Å². The van der Waals surface area contributed by atoms with Gasteiger partial charge in [-0.05, 0) is 74.4 Å². The van der Waals surface area contributed by atoms with Gasteiger partial charge >= 0.3 is 6.18 Å². The Balaban J connectivity index is 0.00000461. The van der Waals surface area contributed by atoms with Crippen LogP contribution in [0.4, 0.5) is 13.2 Å². The molecule has 5 aromatic rings. The van der Waals surface area contributed by atoms with Crippen molar-refractivity contribution in [3.8, 4) is 39.3 Å². The van der Waals surface area contributed by atoms with E-state index in [0.29, 0.717) is 17.8 Å². The molecule has 0 fully saturated rings. The molecule has 4 aromatic carbocycles. The summed E-state index contributed by atoms with van der Waals surface area (Å²) in [4.78, 5) is 4.76. The molecule has 1 aromatic heterocycles. The van der Waals surface area contributed by atoms with E-state index in [9.17, 15) is 13.2 Å². The third-order valence-electron chi connectivity index (χ3n) is 7.86. The predicted octanol–water partition coefficient (Wildman–Crippen LogP) is 10.6. The molecule has 237 valence electrons. The summed E-state index contributed by atoms with van der Waals surface area (Å²) in [5.41, 5.74) is 7.36. The third-order valence-corrected chi connectivity index (χ3v) is 7.86.